The van der Waals surface area contributed by atoms with Crippen LogP contribution < -0.4 is 11.2 Å². The molecule has 11 heteroatoms. The summed E-state index contributed by atoms with van der Waals surface area (Å²) in [6.45, 7) is -1.03. The van der Waals surface area contributed by atoms with Crippen LogP contribution in [0.1, 0.15) is 23.8 Å². The number of hydrogen-bond donors (Lipinski definition) is 1. The minimum Gasteiger partial charge on any atom is -0.467 e. The zero-order valence-electron chi connectivity index (χ0n) is 16.6. The van der Waals surface area contributed by atoms with E-state index < -0.39 is 42.3 Å². The number of hydrogen-bond acceptors (Lipinski definition) is 7. The van der Waals surface area contributed by atoms with Crippen molar-refractivity contribution in [2.75, 3.05) is 6.61 Å². The van der Waals surface area contributed by atoms with E-state index in [4.69, 9.17) is 20.8 Å². The Balaban J connectivity index is 1.46. The second kappa shape index (κ2) is 9.06. The normalized spacial score (nSPS) is 15.5. The highest BCUT2D eigenvalue weighted by Gasteiger charge is 2.35. The monoisotopic (exact) mass is 456 g/mol. The smallest absolute Gasteiger partial charge is 0.328 e. The molecule has 0 fully saturated rings. The molecule has 1 amide bonds. The fourth-order valence-corrected chi connectivity index (χ4v) is 3.35. The first-order valence-electron chi connectivity index (χ1n) is 9.55. The van der Waals surface area contributed by atoms with Crippen molar-refractivity contribution >= 4 is 29.2 Å². The summed E-state index contributed by atoms with van der Waals surface area (Å²) in [5, 5.41) is 6.23. The standard InChI is InChI=1S/C21H17ClN4O6/c22-14-5-3-13(4-6-14)15-10-16(17-2-1-9-31-17)26(24-15)19(28)12-32-20(29)11-25-8-7-18(27)23-21(25)30/h1-9,16H,10-12H2,(H,23,27,30)/t16-/m0/s1. The Hall–Kier alpha value is -3.92. The Morgan fingerprint density at radius 3 is 2.66 bits per heavy atom. The zero-order chi connectivity index (χ0) is 22.7. The van der Waals surface area contributed by atoms with Gasteiger partial charge in [0.25, 0.3) is 11.5 Å². The SMILES string of the molecule is O=C(Cn1ccc(=O)[nH]c1=O)OCC(=O)N1N=C(c2ccc(Cl)cc2)C[C@H]1c1ccco1. The van der Waals surface area contributed by atoms with Crippen LogP contribution in [0.15, 0.2) is 74.0 Å². The van der Waals surface area contributed by atoms with Gasteiger partial charge in [-0.15, -0.1) is 0 Å². The van der Waals surface area contributed by atoms with Crippen molar-refractivity contribution in [2.24, 2.45) is 5.10 Å². The maximum atomic E-state index is 12.8. The molecule has 4 rings (SSSR count). The number of esters is 1. The van der Waals surface area contributed by atoms with Gasteiger partial charge in [0, 0.05) is 23.7 Å². The van der Waals surface area contributed by atoms with Crippen LogP contribution in [-0.4, -0.2) is 38.8 Å². The van der Waals surface area contributed by atoms with Gasteiger partial charge < -0.3 is 9.15 Å². The molecule has 164 valence electrons. The Morgan fingerprint density at radius 1 is 1.19 bits per heavy atom. The van der Waals surface area contributed by atoms with Gasteiger partial charge in [-0.25, -0.2) is 9.80 Å². The van der Waals surface area contributed by atoms with Gasteiger partial charge in [0.15, 0.2) is 6.61 Å². The summed E-state index contributed by atoms with van der Waals surface area (Å²) >= 11 is 5.95. The number of amides is 1. The Morgan fingerprint density at radius 2 is 1.97 bits per heavy atom. The molecule has 0 bridgehead atoms. The van der Waals surface area contributed by atoms with Gasteiger partial charge in [-0.1, -0.05) is 23.7 Å². The van der Waals surface area contributed by atoms with Crippen molar-refractivity contribution in [3.63, 3.8) is 0 Å². The topological polar surface area (TPSA) is 127 Å². The van der Waals surface area contributed by atoms with Crippen LogP contribution >= 0.6 is 11.6 Å². The largest absolute Gasteiger partial charge is 0.467 e. The first-order valence-corrected chi connectivity index (χ1v) is 9.93. The maximum Gasteiger partial charge on any atom is 0.328 e. The van der Waals surface area contributed by atoms with Crippen LogP contribution in [0.4, 0.5) is 0 Å². The highest BCUT2D eigenvalue weighted by Crippen LogP contribution is 2.33. The van der Waals surface area contributed by atoms with Crippen LogP contribution in [0.5, 0.6) is 0 Å². The molecule has 10 nitrogen and oxygen atoms in total. The molecule has 0 unspecified atom stereocenters. The number of halogens is 1. The molecule has 32 heavy (non-hydrogen) atoms. The molecular formula is C21H17ClN4O6. The fraction of sp³-hybridized carbons (Fsp3) is 0.190. The van der Waals surface area contributed by atoms with Crippen LogP contribution in [0.3, 0.4) is 0 Å². The number of nitrogens with zero attached hydrogens (tertiary/aromatic N) is 3. The second-order valence-corrected chi connectivity index (χ2v) is 7.36. The van der Waals surface area contributed by atoms with E-state index in [2.05, 4.69) is 5.10 Å². The minimum atomic E-state index is -0.817. The molecule has 0 spiro atoms. The number of furan rings is 1. The van der Waals surface area contributed by atoms with Crippen LogP contribution in [0.2, 0.25) is 5.02 Å². The molecule has 1 N–H and O–H groups in total. The van der Waals surface area contributed by atoms with Crippen molar-refractivity contribution in [3.8, 4) is 0 Å². The van der Waals surface area contributed by atoms with Crippen molar-refractivity contribution in [1.82, 2.24) is 14.6 Å². The van der Waals surface area contributed by atoms with E-state index in [0.717, 1.165) is 16.2 Å². The molecule has 3 heterocycles. The molecule has 0 aliphatic carbocycles. The van der Waals surface area contributed by atoms with E-state index in [1.807, 2.05) is 4.98 Å². The number of ether oxygens (including phenoxy) is 1. The average molecular weight is 457 g/mol. The number of H-pyrrole nitrogens is 1. The van der Waals surface area contributed by atoms with Crippen LogP contribution in [0, 0.1) is 0 Å². The summed E-state index contributed by atoms with van der Waals surface area (Å²) in [4.78, 5) is 49.7. The third kappa shape index (κ3) is 4.70. The van der Waals surface area contributed by atoms with Crippen LogP contribution in [-0.2, 0) is 20.9 Å². The van der Waals surface area contributed by atoms with E-state index in [9.17, 15) is 19.2 Å². The summed E-state index contributed by atoms with van der Waals surface area (Å²) in [5.41, 5.74) is 0.121. The van der Waals surface area contributed by atoms with Gasteiger partial charge in [-0.3, -0.25) is 23.9 Å². The summed E-state index contributed by atoms with van der Waals surface area (Å²) in [6.07, 6.45) is 3.07. The number of hydrazone groups is 1. The minimum absolute atomic E-state index is 0.404. The van der Waals surface area contributed by atoms with Gasteiger partial charge in [0.2, 0.25) is 0 Å². The third-order valence-corrected chi connectivity index (χ3v) is 5.02. The first kappa shape index (κ1) is 21.3. The first-order chi connectivity index (χ1) is 15.4. The number of carbonyl (C=O) groups is 2. The molecule has 0 saturated heterocycles. The Bertz CT molecular complexity index is 1280. The summed E-state index contributed by atoms with van der Waals surface area (Å²) < 4.78 is 11.5. The Labute approximate surface area is 185 Å². The van der Waals surface area contributed by atoms with Gasteiger partial charge >= 0.3 is 11.7 Å². The summed E-state index contributed by atoms with van der Waals surface area (Å²) in [6, 6.07) is 11.1. The lowest BCUT2D eigenvalue weighted by atomic mass is 10.0. The Kier molecular flexibility index (Phi) is 6.04. The number of aromatic amines is 1. The number of aromatic nitrogens is 2. The predicted octanol–water partition coefficient (Wildman–Crippen LogP) is 1.70. The number of rotatable bonds is 6. The predicted molar refractivity (Wildman–Crippen MR) is 113 cm³/mol. The average Bonchev–Trinajstić information content (AvgIpc) is 3.44. The third-order valence-electron chi connectivity index (χ3n) is 4.77. The number of carbonyl (C=O) groups excluding carboxylic acids is 2. The van der Waals surface area contributed by atoms with E-state index in [-0.39, 0.29) is 0 Å². The maximum absolute atomic E-state index is 12.8. The quantitative estimate of drug-likeness (QED) is 0.562. The zero-order valence-corrected chi connectivity index (χ0v) is 17.3. The second-order valence-electron chi connectivity index (χ2n) is 6.93. The summed E-state index contributed by atoms with van der Waals surface area (Å²) in [7, 11) is 0. The molecular weight excluding hydrogens is 440 g/mol. The molecule has 3 aromatic rings. The van der Waals surface area contributed by atoms with Crippen molar-refractivity contribution in [1.29, 1.82) is 0 Å². The van der Waals surface area contributed by atoms with E-state index in [1.54, 1.807) is 36.4 Å². The van der Waals surface area contributed by atoms with E-state index in [0.29, 0.717) is 22.9 Å². The molecule has 1 aromatic carbocycles. The van der Waals surface area contributed by atoms with Gasteiger partial charge in [0.05, 0.1) is 12.0 Å². The van der Waals surface area contributed by atoms with Gasteiger partial charge in [-0.2, -0.15) is 5.10 Å². The number of benzene rings is 1. The highest BCUT2D eigenvalue weighted by atomic mass is 35.5. The molecule has 2 aromatic heterocycles. The van der Waals surface area contributed by atoms with Gasteiger partial charge in [0.1, 0.15) is 18.3 Å². The molecule has 0 saturated carbocycles. The number of nitrogens with one attached hydrogen (secondary N) is 1. The van der Waals surface area contributed by atoms with Crippen LogP contribution in [0.25, 0.3) is 0 Å². The molecule has 1 aliphatic rings. The van der Waals surface area contributed by atoms with E-state index >= 15 is 0 Å². The highest BCUT2D eigenvalue weighted by molar-refractivity contribution is 6.30. The van der Waals surface area contributed by atoms with E-state index in [1.165, 1.54) is 17.5 Å². The molecule has 1 aliphatic heterocycles. The van der Waals surface area contributed by atoms with Crippen molar-refractivity contribution < 1.29 is 18.7 Å². The lowest BCUT2D eigenvalue weighted by Gasteiger charge is -2.19. The summed E-state index contributed by atoms with van der Waals surface area (Å²) in [5.74, 6) is -0.835. The van der Waals surface area contributed by atoms with Gasteiger partial charge in [-0.05, 0) is 29.8 Å². The molecule has 0 radical (unpaired) electrons. The molecule has 1 atom stereocenters. The van der Waals surface area contributed by atoms with Crippen molar-refractivity contribution in [2.45, 2.75) is 19.0 Å². The lowest BCUT2D eigenvalue weighted by Crippen LogP contribution is -2.34. The fourth-order valence-electron chi connectivity index (χ4n) is 3.22. The lowest BCUT2D eigenvalue weighted by molar-refractivity contribution is -0.153. The van der Waals surface area contributed by atoms with Crippen molar-refractivity contribution in [3.05, 3.63) is 92.1 Å².